The highest BCUT2D eigenvalue weighted by Gasteiger charge is 2.09. The van der Waals surface area contributed by atoms with Gasteiger partial charge in [-0.15, -0.1) is 0 Å². The molecular weight excluding hydrogens is 214 g/mol. The normalized spacial score (nSPS) is 9.94. The maximum absolute atomic E-state index is 11.9. The zero-order valence-corrected chi connectivity index (χ0v) is 9.47. The monoisotopic (exact) mass is 227 g/mol. The molecule has 0 atom stereocenters. The first-order valence-electron chi connectivity index (χ1n) is 5.25. The third kappa shape index (κ3) is 2.60. The highest BCUT2D eigenvalue weighted by Crippen LogP contribution is 2.13. The van der Waals surface area contributed by atoms with Crippen LogP contribution in [0.2, 0.25) is 0 Å². The first-order chi connectivity index (χ1) is 8.16. The topological polar surface area (TPSA) is 68.0 Å². The number of nitrogen functional groups attached to an aromatic ring is 1. The fourth-order valence-electron chi connectivity index (χ4n) is 1.44. The second-order valence-electron chi connectivity index (χ2n) is 3.76. The molecule has 0 fully saturated rings. The fraction of sp³-hybridized carbons (Fsp3) is 0.0769. The van der Waals surface area contributed by atoms with Crippen LogP contribution >= 0.6 is 0 Å². The lowest BCUT2D eigenvalue weighted by Gasteiger charge is -2.06. The van der Waals surface area contributed by atoms with Crippen LogP contribution in [0.15, 0.2) is 42.6 Å². The Kier molecular flexibility index (Phi) is 3.05. The molecule has 0 unspecified atom stereocenters. The zero-order chi connectivity index (χ0) is 12.3. The Bertz CT molecular complexity index is 535. The fourth-order valence-corrected chi connectivity index (χ4v) is 1.44. The lowest BCUT2D eigenvalue weighted by molar-refractivity contribution is 0.102. The minimum absolute atomic E-state index is 0.233. The van der Waals surface area contributed by atoms with Crippen LogP contribution in [0.5, 0.6) is 0 Å². The van der Waals surface area contributed by atoms with Crippen LogP contribution in [-0.2, 0) is 0 Å². The van der Waals surface area contributed by atoms with Crippen molar-refractivity contribution in [3.8, 4) is 0 Å². The van der Waals surface area contributed by atoms with E-state index < -0.39 is 0 Å². The summed E-state index contributed by atoms with van der Waals surface area (Å²) in [5, 5.41) is 2.77. The molecule has 0 aliphatic carbocycles. The molecule has 4 heteroatoms. The van der Waals surface area contributed by atoms with E-state index in [0.29, 0.717) is 5.56 Å². The van der Waals surface area contributed by atoms with E-state index in [1.165, 1.54) is 0 Å². The van der Waals surface area contributed by atoms with Gasteiger partial charge in [-0.3, -0.25) is 4.79 Å². The summed E-state index contributed by atoms with van der Waals surface area (Å²) < 4.78 is 0. The van der Waals surface area contributed by atoms with E-state index in [2.05, 4.69) is 10.3 Å². The van der Waals surface area contributed by atoms with Crippen LogP contribution in [-0.4, -0.2) is 10.9 Å². The Morgan fingerprint density at radius 3 is 2.59 bits per heavy atom. The molecule has 0 bridgehead atoms. The van der Waals surface area contributed by atoms with Crippen molar-refractivity contribution in [3.05, 3.63) is 53.7 Å². The molecule has 0 aliphatic heterocycles. The molecule has 1 aromatic carbocycles. The molecule has 0 saturated carbocycles. The number of rotatable bonds is 2. The molecule has 86 valence electrons. The molecule has 2 aromatic rings. The van der Waals surface area contributed by atoms with Crippen molar-refractivity contribution < 1.29 is 4.79 Å². The van der Waals surface area contributed by atoms with Gasteiger partial charge in [-0.1, -0.05) is 17.7 Å². The smallest absolute Gasteiger partial charge is 0.259 e. The first-order valence-corrected chi connectivity index (χ1v) is 5.25. The summed E-state index contributed by atoms with van der Waals surface area (Å²) in [5.41, 5.74) is 7.89. The molecule has 2 rings (SSSR count). The minimum Gasteiger partial charge on any atom is -0.383 e. The van der Waals surface area contributed by atoms with Crippen molar-refractivity contribution in [1.29, 1.82) is 0 Å². The SMILES string of the molecule is Cc1ccc(NC(=O)c2cccnc2N)cc1. The Morgan fingerprint density at radius 2 is 1.94 bits per heavy atom. The summed E-state index contributed by atoms with van der Waals surface area (Å²) in [5.74, 6) is -0.0171. The van der Waals surface area contributed by atoms with Gasteiger partial charge in [-0.2, -0.15) is 0 Å². The molecular formula is C13H13N3O. The number of aryl methyl sites for hydroxylation is 1. The van der Waals surface area contributed by atoms with E-state index in [4.69, 9.17) is 5.73 Å². The molecule has 0 spiro atoms. The van der Waals surface area contributed by atoms with Crippen LogP contribution in [0.4, 0.5) is 11.5 Å². The lowest BCUT2D eigenvalue weighted by Crippen LogP contribution is -2.14. The zero-order valence-electron chi connectivity index (χ0n) is 9.47. The quantitative estimate of drug-likeness (QED) is 0.826. The Balaban J connectivity index is 2.17. The number of nitrogens with zero attached hydrogens (tertiary/aromatic N) is 1. The predicted octanol–water partition coefficient (Wildman–Crippen LogP) is 2.22. The van der Waals surface area contributed by atoms with Gasteiger partial charge in [0.25, 0.3) is 5.91 Å². The van der Waals surface area contributed by atoms with Gasteiger partial charge in [0.15, 0.2) is 0 Å². The molecule has 3 N–H and O–H groups in total. The number of hydrogen-bond donors (Lipinski definition) is 2. The van der Waals surface area contributed by atoms with Gasteiger partial charge in [0.1, 0.15) is 5.82 Å². The van der Waals surface area contributed by atoms with E-state index in [0.717, 1.165) is 11.3 Å². The van der Waals surface area contributed by atoms with E-state index in [1.54, 1.807) is 18.3 Å². The van der Waals surface area contributed by atoms with Gasteiger partial charge in [0.2, 0.25) is 0 Å². The maximum atomic E-state index is 11.9. The number of carbonyl (C=O) groups is 1. The number of pyridine rings is 1. The standard InChI is InChI=1S/C13H13N3O/c1-9-4-6-10(7-5-9)16-13(17)11-3-2-8-15-12(11)14/h2-8H,1H3,(H2,14,15)(H,16,17). The number of nitrogens with two attached hydrogens (primary N) is 1. The van der Waals surface area contributed by atoms with Crippen molar-refractivity contribution >= 4 is 17.4 Å². The minimum atomic E-state index is -0.251. The largest absolute Gasteiger partial charge is 0.383 e. The number of hydrogen-bond acceptors (Lipinski definition) is 3. The number of aromatic nitrogens is 1. The van der Waals surface area contributed by atoms with E-state index in [-0.39, 0.29) is 11.7 Å². The second kappa shape index (κ2) is 4.65. The van der Waals surface area contributed by atoms with Crippen molar-refractivity contribution in [2.24, 2.45) is 0 Å². The van der Waals surface area contributed by atoms with E-state index in [1.807, 2.05) is 31.2 Å². The van der Waals surface area contributed by atoms with E-state index >= 15 is 0 Å². The summed E-state index contributed by atoms with van der Waals surface area (Å²) in [4.78, 5) is 15.8. The van der Waals surface area contributed by atoms with Gasteiger partial charge in [-0.25, -0.2) is 4.98 Å². The number of anilines is 2. The van der Waals surface area contributed by atoms with Gasteiger partial charge < -0.3 is 11.1 Å². The number of benzene rings is 1. The maximum Gasteiger partial charge on any atom is 0.259 e. The van der Waals surface area contributed by atoms with Gasteiger partial charge in [0, 0.05) is 11.9 Å². The van der Waals surface area contributed by atoms with Gasteiger partial charge in [-0.05, 0) is 31.2 Å². The molecule has 1 amide bonds. The Morgan fingerprint density at radius 1 is 1.24 bits per heavy atom. The molecule has 1 heterocycles. The summed E-state index contributed by atoms with van der Waals surface area (Å²) in [6.45, 7) is 1.99. The summed E-state index contributed by atoms with van der Waals surface area (Å²) >= 11 is 0. The average molecular weight is 227 g/mol. The summed E-state index contributed by atoms with van der Waals surface area (Å²) in [7, 11) is 0. The number of nitrogens with one attached hydrogen (secondary N) is 1. The highest BCUT2D eigenvalue weighted by molar-refractivity contribution is 6.07. The van der Waals surface area contributed by atoms with Gasteiger partial charge >= 0.3 is 0 Å². The van der Waals surface area contributed by atoms with Crippen LogP contribution in [0.25, 0.3) is 0 Å². The highest BCUT2D eigenvalue weighted by atomic mass is 16.1. The molecule has 0 saturated heterocycles. The van der Waals surface area contributed by atoms with Crippen molar-refractivity contribution in [2.75, 3.05) is 11.1 Å². The van der Waals surface area contributed by atoms with Crippen molar-refractivity contribution in [1.82, 2.24) is 4.98 Å². The van der Waals surface area contributed by atoms with Crippen LogP contribution < -0.4 is 11.1 Å². The molecule has 0 radical (unpaired) electrons. The Labute approximate surface area is 99.5 Å². The third-order valence-corrected chi connectivity index (χ3v) is 2.39. The average Bonchev–Trinajstić information content (AvgIpc) is 2.32. The van der Waals surface area contributed by atoms with E-state index in [9.17, 15) is 4.79 Å². The van der Waals surface area contributed by atoms with Crippen LogP contribution in [0, 0.1) is 6.92 Å². The molecule has 1 aromatic heterocycles. The van der Waals surface area contributed by atoms with Crippen LogP contribution in [0.1, 0.15) is 15.9 Å². The van der Waals surface area contributed by atoms with Gasteiger partial charge in [0.05, 0.1) is 5.56 Å². The second-order valence-corrected chi connectivity index (χ2v) is 3.76. The molecule has 0 aliphatic rings. The summed E-state index contributed by atoms with van der Waals surface area (Å²) in [6.07, 6.45) is 1.55. The summed E-state index contributed by atoms with van der Waals surface area (Å²) in [6, 6.07) is 10.9. The van der Waals surface area contributed by atoms with Crippen molar-refractivity contribution in [3.63, 3.8) is 0 Å². The molecule has 17 heavy (non-hydrogen) atoms. The molecule has 4 nitrogen and oxygen atoms in total. The third-order valence-electron chi connectivity index (χ3n) is 2.39. The van der Waals surface area contributed by atoms with Crippen molar-refractivity contribution in [2.45, 2.75) is 6.92 Å². The van der Waals surface area contributed by atoms with Crippen LogP contribution in [0.3, 0.4) is 0 Å². The number of carbonyl (C=O) groups excluding carboxylic acids is 1. The Hall–Kier alpha value is -2.36. The lowest BCUT2D eigenvalue weighted by atomic mass is 10.2. The number of amides is 1. The predicted molar refractivity (Wildman–Crippen MR) is 67.8 cm³/mol. The first kappa shape index (κ1) is 11.1.